The zero-order valence-corrected chi connectivity index (χ0v) is 19.0. The fourth-order valence-electron chi connectivity index (χ4n) is 4.33. The number of carbonyl (C=O) groups is 2. The zero-order valence-electron chi connectivity index (χ0n) is 18.3. The van der Waals surface area contributed by atoms with Gasteiger partial charge in [-0.15, -0.1) is 0 Å². The van der Waals surface area contributed by atoms with Crippen LogP contribution in [-0.4, -0.2) is 57.4 Å². The van der Waals surface area contributed by atoms with Crippen LogP contribution >= 0.6 is 11.6 Å². The van der Waals surface area contributed by atoms with Gasteiger partial charge in [0.25, 0.3) is 0 Å². The summed E-state index contributed by atoms with van der Waals surface area (Å²) in [6.45, 7) is 1.40. The number of quaternary nitrogens is 1. The number of benzene rings is 2. The first kappa shape index (κ1) is 22.2. The number of fused-ring (bicyclic) bond motifs is 2. The second-order valence-electron chi connectivity index (χ2n) is 8.13. The number of hydrogen-bond donors (Lipinski definition) is 0. The Hall–Kier alpha value is -3.03. The largest absolute Gasteiger partial charge is 0.492 e. The first-order valence-corrected chi connectivity index (χ1v) is 10.6. The molecule has 2 aliphatic heterocycles. The summed E-state index contributed by atoms with van der Waals surface area (Å²) >= 11 is 6.22. The Labute approximate surface area is 191 Å². The van der Waals surface area contributed by atoms with E-state index in [1.54, 1.807) is 19.3 Å². The number of halogens is 1. The Morgan fingerprint density at radius 2 is 1.91 bits per heavy atom. The molecule has 2 aromatic rings. The van der Waals surface area contributed by atoms with E-state index in [1.165, 1.54) is 13.2 Å². The molecule has 0 amide bonds. The van der Waals surface area contributed by atoms with E-state index in [2.05, 4.69) is 0 Å². The molecular formula is C24H25ClNO6+. The number of ether oxygens (including phenoxy) is 4. The number of nitrogens with zero attached hydrogens (tertiary/aromatic N) is 1. The molecule has 2 heterocycles. The summed E-state index contributed by atoms with van der Waals surface area (Å²) in [6.07, 6.45) is 3.78. The Bertz CT molecular complexity index is 1110. The van der Waals surface area contributed by atoms with Crippen molar-refractivity contribution in [1.82, 2.24) is 0 Å². The molecule has 0 bridgehead atoms. The Balaban J connectivity index is 1.78. The lowest BCUT2D eigenvalue weighted by atomic mass is 9.89. The van der Waals surface area contributed by atoms with Crippen LogP contribution in [0.3, 0.4) is 0 Å². The van der Waals surface area contributed by atoms with Crippen molar-refractivity contribution < 1.29 is 33.0 Å². The van der Waals surface area contributed by atoms with E-state index in [9.17, 15) is 9.59 Å². The van der Waals surface area contributed by atoms with Gasteiger partial charge in [0.2, 0.25) is 12.5 Å². The van der Waals surface area contributed by atoms with Gasteiger partial charge in [-0.3, -0.25) is 4.79 Å². The highest BCUT2D eigenvalue weighted by molar-refractivity contribution is 6.32. The molecule has 0 saturated carbocycles. The number of methoxy groups -OCH3 is 2. The average molecular weight is 459 g/mol. The number of rotatable bonds is 6. The smallest absolute Gasteiger partial charge is 0.361 e. The quantitative estimate of drug-likeness (QED) is 0.285. The first-order valence-electron chi connectivity index (χ1n) is 10.3. The van der Waals surface area contributed by atoms with Crippen LogP contribution in [0.1, 0.15) is 27.0 Å². The van der Waals surface area contributed by atoms with Crippen molar-refractivity contribution in [1.29, 1.82) is 0 Å². The maximum atomic E-state index is 13.4. The van der Waals surface area contributed by atoms with Crippen LogP contribution in [0, 0.1) is 0 Å². The third kappa shape index (κ3) is 4.06. The highest BCUT2D eigenvalue weighted by Crippen LogP contribution is 2.50. The fraction of sp³-hybridized carbons (Fsp3) is 0.333. The minimum Gasteiger partial charge on any atom is -0.492 e. The number of ketones is 1. The highest BCUT2D eigenvalue weighted by Gasteiger charge is 2.40. The fourth-order valence-corrected chi connectivity index (χ4v) is 4.53. The van der Waals surface area contributed by atoms with Crippen molar-refractivity contribution in [3.63, 3.8) is 0 Å². The normalized spacial score (nSPS) is 19.0. The van der Waals surface area contributed by atoms with E-state index in [-0.39, 0.29) is 25.1 Å². The van der Waals surface area contributed by atoms with Crippen molar-refractivity contribution in [2.45, 2.75) is 13.0 Å². The molecule has 168 valence electrons. The molecule has 7 nitrogen and oxygen atoms in total. The van der Waals surface area contributed by atoms with Gasteiger partial charge >= 0.3 is 5.97 Å². The molecule has 0 spiro atoms. The molecule has 32 heavy (non-hydrogen) atoms. The SMILES string of the molecule is COC(=O)C[N@+]1(C)CCc2c(c(OC)c3c(c2C(=O)/C=C/c2ccccc2Cl)OCO3)C1. The minimum absolute atomic E-state index is 0.0113. The second kappa shape index (κ2) is 8.84. The van der Waals surface area contributed by atoms with Gasteiger partial charge in [0.15, 0.2) is 23.8 Å². The van der Waals surface area contributed by atoms with Gasteiger partial charge in [-0.2, -0.15) is 0 Å². The standard InChI is InChI=1S/C24H25ClNO6/c1-26(13-20(28)29-2)11-10-16-17(12-26)22(30-3)24-23(31-14-32-24)21(16)19(27)9-8-15-6-4-5-7-18(15)25/h4-9H,10-14H2,1-3H3/q+1/b9-8+/t26-/m1/s1. The summed E-state index contributed by atoms with van der Waals surface area (Å²) in [4.78, 5) is 25.3. The van der Waals surface area contributed by atoms with E-state index < -0.39 is 0 Å². The lowest BCUT2D eigenvalue weighted by Gasteiger charge is -2.38. The summed E-state index contributed by atoms with van der Waals surface area (Å²) < 4.78 is 22.4. The van der Waals surface area contributed by atoms with Crippen LogP contribution in [0.2, 0.25) is 5.02 Å². The third-order valence-corrected chi connectivity index (χ3v) is 6.28. The molecule has 0 radical (unpaired) electrons. The minimum atomic E-state index is -0.283. The van der Waals surface area contributed by atoms with Crippen LogP contribution in [0.15, 0.2) is 30.3 Å². The van der Waals surface area contributed by atoms with Crippen LogP contribution in [0.25, 0.3) is 6.08 Å². The number of allylic oxidation sites excluding steroid dienone is 1. The number of esters is 1. The number of carbonyl (C=O) groups excluding carboxylic acids is 2. The van der Waals surface area contributed by atoms with Gasteiger partial charge < -0.3 is 23.4 Å². The van der Waals surface area contributed by atoms with E-state index in [4.69, 9.17) is 30.5 Å². The molecule has 1 atom stereocenters. The van der Waals surface area contributed by atoms with Crippen molar-refractivity contribution in [3.05, 3.63) is 57.6 Å². The van der Waals surface area contributed by atoms with E-state index in [0.717, 1.165) is 16.7 Å². The third-order valence-electron chi connectivity index (χ3n) is 5.94. The van der Waals surface area contributed by atoms with Gasteiger partial charge in [0.05, 0.1) is 38.9 Å². The van der Waals surface area contributed by atoms with Crippen LogP contribution in [0.5, 0.6) is 17.2 Å². The monoisotopic (exact) mass is 458 g/mol. The molecular weight excluding hydrogens is 434 g/mol. The first-order chi connectivity index (χ1) is 15.4. The molecule has 4 rings (SSSR count). The summed E-state index contributed by atoms with van der Waals surface area (Å²) in [7, 11) is 4.94. The van der Waals surface area contributed by atoms with Crippen molar-refractivity contribution in [2.75, 3.05) is 41.1 Å². The molecule has 0 aliphatic carbocycles. The number of likely N-dealkylation sites (N-methyl/N-ethyl adjacent to an activating group) is 1. The Kier molecular flexibility index (Phi) is 6.13. The Morgan fingerprint density at radius 1 is 1.16 bits per heavy atom. The predicted octanol–water partition coefficient (Wildman–Crippen LogP) is 3.65. The summed E-state index contributed by atoms with van der Waals surface area (Å²) in [5, 5.41) is 0.564. The topological polar surface area (TPSA) is 71.1 Å². The van der Waals surface area contributed by atoms with E-state index in [0.29, 0.717) is 51.8 Å². The average Bonchev–Trinajstić information content (AvgIpc) is 3.25. The highest BCUT2D eigenvalue weighted by atomic mass is 35.5. The van der Waals surface area contributed by atoms with Gasteiger partial charge in [0, 0.05) is 11.4 Å². The van der Waals surface area contributed by atoms with E-state index in [1.807, 2.05) is 25.2 Å². The van der Waals surface area contributed by atoms with Crippen LogP contribution in [0.4, 0.5) is 0 Å². The molecule has 0 N–H and O–H groups in total. The molecule has 0 unspecified atom stereocenters. The van der Waals surface area contributed by atoms with Crippen LogP contribution < -0.4 is 14.2 Å². The van der Waals surface area contributed by atoms with Crippen molar-refractivity contribution >= 4 is 29.4 Å². The van der Waals surface area contributed by atoms with E-state index >= 15 is 0 Å². The van der Waals surface area contributed by atoms with Gasteiger partial charge in [0.1, 0.15) is 6.54 Å². The summed E-state index contributed by atoms with van der Waals surface area (Å²) in [5.74, 6) is 0.892. The maximum absolute atomic E-state index is 13.4. The van der Waals surface area contributed by atoms with Crippen LogP contribution in [-0.2, 0) is 22.5 Å². The molecule has 2 aliphatic rings. The zero-order chi connectivity index (χ0) is 22.9. The molecule has 0 saturated heterocycles. The Morgan fingerprint density at radius 3 is 2.62 bits per heavy atom. The van der Waals surface area contributed by atoms with Gasteiger partial charge in [-0.1, -0.05) is 29.8 Å². The summed E-state index contributed by atoms with van der Waals surface area (Å²) in [6, 6.07) is 7.31. The molecule has 2 aromatic carbocycles. The van der Waals surface area contributed by atoms with Crippen molar-refractivity contribution in [3.8, 4) is 17.2 Å². The predicted molar refractivity (Wildman–Crippen MR) is 119 cm³/mol. The lowest BCUT2D eigenvalue weighted by molar-refractivity contribution is -0.917. The molecule has 0 aromatic heterocycles. The second-order valence-corrected chi connectivity index (χ2v) is 8.54. The maximum Gasteiger partial charge on any atom is 0.361 e. The summed E-state index contributed by atoms with van der Waals surface area (Å²) in [5.41, 5.74) is 2.94. The van der Waals surface area contributed by atoms with Gasteiger partial charge in [-0.05, 0) is 29.3 Å². The van der Waals surface area contributed by atoms with Crippen molar-refractivity contribution in [2.24, 2.45) is 0 Å². The molecule has 8 heteroatoms. The number of hydrogen-bond acceptors (Lipinski definition) is 6. The lowest BCUT2D eigenvalue weighted by Crippen LogP contribution is -2.51. The molecule has 0 fully saturated rings. The van der Waals surface area contributed by atoms with Gasteiger partial charge in [-0.25, -0.2) is 4.79 Å².